The number of carbonyl (C=O) groups excluding carboxylic acids is 1. The summed E-state index contributed by atoms with van der Waals surface area (Å²) in [5.41, 5.74) is -3.08. The average Bonchev–Trinajstić information content (AvgIpc) is 2.99. The number of esters is 1. The van der Waals surface area contributed by atoms with E-state index in [1.807, 2.05) is 0 Å². The first-order valence-corrected chi connectivity index (χ1v) is 14.1. The van der Waals surface area contributed by atoms with Gasteiger partial charge in [0.25, 0.3) is 0 Å². The minimum atomic E-state index is -1.90. The van der Waals surface area contributed by atoms with Crippen LogP contribution in [0.5, 0.6) is 23.0 Å². The molecule has 0 radical (unpaired) electrons. The van der Waals surface area contributed by atoms with E-state index in [-0.39, 0.29) is 34.2 Å². The van der Waals surface area contributed by atoms with Gasteiger partial charge in [-0.25, -0.2) is 9.59 Å². The fraction of sp³-hybridized carbons (Fsp3) is 0.355. The number of hydrogen-bond donors (Lipinski definition) is 5. The van der Waals surface area contributed by atoms with Crippen LogP contribution < -0.4 is 25.5 Å². The highest BCUT2D eigenvalue weighted by Gasteiger charge is 2.46. The summed E-state index contributed by atoms with van der Waals surface area (Å²) in [7, 11) is 1.31. The van der Waals surface area contributed by atoms with Crippen molar-refractivity contribution >= 4 is 33.9 Å². The maximum absolute atomic E-state index is 12.8. The largest absolute Gasteiger partial charge is 0.493 e. The lowest BCUT2D eigenvalue weighted by Crippen LogP contribution is -2.60. The van der Waals surface area contributed by atoms with Gasteiger partial charge in [-0.3, -0.25) is 9.59 Å². The highest BCUT2D eigenvalue weighted by Crippen LogP contribution is 2.36. The van der Waals surface area contributed by atoms with E-state index in [0.717, 1.165) is 6.92 Å². The number of aliphatic hydroxyl groups excluding tert-OH is 3. The SMILES string of the molecule is COc1cc2cc(Oc3ccc4ccc(=O)oc4c3)c(=O)oc2cc1O[C@@H]1O[C@@H](COC(=O)C[C@](C)(O)CC(=O)O)[C@H](O)[C@@H](O)[C@@H]1O. The molecule has 0 aliphatic carbocycles. The third kappa shape index (κ3) is 7.70. The summed E-state index contributed by atoms with van der Waals surface area (Å²) in [6.07, 6.45) is -9.83. The Bertz CT molecular complexity index is 1910. The molecule has 1 aliphatic rings. The Hall–Kier alpha value is -5.00. The highest BCUT2D eigenvalue weighted by molar-refractivity contribution is 5.82. The molecule has 5 N–H and O–H groups in total. The molecule has 0 saturated carbocycles. The number of aliphatic carboxylic acids is 1. The van der Waals surface area contributed by atoms with E-state index in [2.05, 4.69) is 0 Å². The molecule has 0 bridgehead atoms. The van der Waals surface area contributed by atoms with Crippen LogP contribution in [0.2, 0.25) is 0 Å². The summed E-state index contributed by atoms with van der Waals surface area (Å²) in [5, 5.41) is 51.3. The number of rotatable bonds is 11. The lowest BCUT2D eigenvalue weighted by Gasteiger charge is -2.40. The highest BCUT2D eigenvalue weighted by atomic mass is 16.7. The number of carbonyl (C=O) groups is 2. The van der Waals surface area contributed by atoms with Crippen molar-refractivity contribution in [3.8, 4) is 23.0 Å². The zero-order chi connectivity index (χ0) is 34.0. The number of methoxy groups -OCH3 is 1. The van der Waals surface area contributed by atoms with Crippen molar-refractivity contribution < 1.29 is 67.6 Å². The molecule has 2 aromatic heterocycles. The second kappa shape index (κ2) is 13.4. The van der Waals surface area contributed by atoms with Gasteiger partial charge in [0.15, 0.2) is 11.5 Å². The Morgan fingerprint density at radius 3 is 2.28 bits per heavy atom. The van der Waals surface area contributed by atoms with Crippen LogP contribution in [0.25, 0.3) is 21.9 Å². The van der Waals surface area contributed by atoms with Crippen molar-refractivity contribution in [3.05, 3.63) is 69.4 Å². The monoisotopic (exact) mass is 658 g/mol. The van der Waals surface area contributed by atoms with Gasteiger partial charge in [-0.15, -0.1) is 0 Å². The average molecular weight is 659 g/mol. The lowest BCUT2D eigenvalue weighted by atomic mass is 9.98. The predicted molar refractivity (Wildman–Crippen MR) is 157 cm³/mol. The fourth-order valence-electron chi connectivity index (χ4n) is 4.86. The first-order chi connectivity index (χ1) is 22.2. The van der Waals surface area contributed by atoms with Gasteiger partial charge in [0.05, 0.1) is 25.6 Å². The molecule has 2 aromatic carbocycles. The molecule has 16 heteroatoms. The first-order valence-electron chi connectivity index (χ1n) is 14.1. The van der Waals surface area contributed by atoms with Crippen molar-refractivity contribution in [1.29, 1.82) is 0 Å². The molecule has 47 heavy (non-hydrogen) atoms. The van der Waals surface area contributed by atoms with Gasteiger partial charge in [-0.2, -0.15) is 0 Å². The lowest BCUT2D eigenvalue weighted by molar-refractivity contribution is -0.278. The van der Waals surface area contributed by atoms with Gasteiger partial charge in [0.2, 0.25) is 12.0 Å². The normalized spacial score (nSPS) is 22.4. The predicted octanol–water partition coefficient (Wildman–Crippen LogP) is 1.05. The zero-order valence-corrected chi connectivity index (χ0v) is 24.9. The Labute approximate surface area is 263 Å². The van der Waals surface area contributed by atoms with Crippen LogP contribution in [-0.2, 0) is 19.1 Å². The quantitative estimate of drug-likeness (QED) is 0.112. The summed E-state index contributed by atoms with van der Waals surface area (Å²) in [6, 6.07) is 11.6. The van der Waals surface area contributed by atoms with Gasteiger partial charge in [-0.1, -0.05) is 0 Å². The van der Waals surface area contributed by atoms with E-state index in [4.69, 9.17) is 37.6 Å². The van der Waals surface area contributed by atoms with Gasteiger partial charge < -0.3 is 58.1 Å². The summed E-state index contributed by atoms with van der Waals surface area (Å²) in [6.45, 7) is 0.487. The Morgan fingerprint density at radius 1 is 0.851 bits per heavy atom. The number of ether oxygens (including phenoxy) is 5. The number of fused-ring (bicyclic) bond motifs is 2. The molecule has 0 unspecified atom stereocenters. The molecule has 16 nitrogen and oxygen atoms in total. The van der Waals surface area contributed by atoms with Crippen LogP contribution in [0, 0.1) is 0 Å². The standard InChI is InChI=1S/C31H30O16/c1-31(40,11-23(32)33)12-25(35)42-13-22-26(36)27(37)28(38)30(47-22)46-20-10-18-15(7-19(20)41-2)8-21(29(39)45-18)43-16-5-3-14-4-6-24(34)44-17(14)9-16/h3-10,22,26-28,30,36-38,40H,11-13H2,1-2H3,(H,32,33)/t22-,26-,27+,28-,30+,31+/m0/s1. The van der Waals surface area contributed by atoms with E-state index >= 15 is 0 Å². The summed E-state index contributed by atoms with van der Waals surface area (Å²) < 4.78 is 38.0. The molecule has 1 aliphatic heterocycles. The van der Waals surface area contributed by atoms with Crippen LogP contribution in [0.4, 0.5) is 0 Å². The number of benzene rings is 2. The molecular formula is C31H30O16. The second-order valence-corrected chi connectivity index (χ2v) is 11.1. The molecule has 3 heterocycles. The fourth-order valence-corrected chi connectivity index (χ4v) is 4.86. The van der Waals surface area contributed by atoms with Gasteiger partial charge in [-0.05, 0) is 37.3 Å². The van der Waals surface area contributed by atoms with Gasteiger partial charge >= 0.3 is 23.2 Å². The molecular weight excluding hydrogens is 628 g/mol. The van der Waals surface area contributed by atoms with Crippen molar-refractivity contribution in [2.45, 2.75) is 56.1 Å². The number of hydrogen-bond acceptors (Lipinski definition) is 15. The third-order valence-electron chi connectivity index (χ3n) is 7.19. The smallest absolute Gasteiger partial charge is 0.379 e. The Balaban J connectivity index is 1.33. The molecule has 1 fully saturated rings. The zero-order valence-electron chi connectivity index (χ0n) is 24.9. The number of aliphatic hydroxyl groups is 4. The minimum Gasteiger partial charge on any atom is -0.493 e. The van der Waals surface area contributed by atoms with Crippen molar-refractivity contribution in [3.63, 3.8) is 0 Å². The molecule has 0 spiro atoms. The second-order valence-electron chi connectivity index (χ2n) is 11.1. The van der Waals surface area contributed by atoms with Crippen LogP contribution >= 0.6 is 0 Å². The van der Waals surface area contributed by atoms with Crippen LogP contribution in [-0.4, -0.2) is 87.5 Å². The maximum Gasteiger partial charge on any atom is 0.379 e. The van der Waals surface area contributed by atoms with E-state index in [0.29, 0.717) is 10.8 Å². The molecule has 0 amide bonds. The molecule has 250 valence electrons. The minimum absolute atomic E-state index is 0.00688. The van der Waals surface area contributed by atoms with Gasteiger partial charge in [0, 0.05) is 29.0 Å². The van der Waals surface area contributed by atoms with Crippen LogP contribution in [0.1, 0.15) is 19.8 Å². The summed E-state index contributed by atoms with van der Waals surface area (Å²) in [5.74, 6) is -2.37. The molecule has 4 aromatic rings. The van der Waals surface area contributed by atoms with E-state index in [1.165, 1.54) is 37.4 Å². The van der Waals surface area contributed by atoms with Crippen LogP contribution in [0.15, 0.2) is 67.0 Å². The molecule has 6 atom stereocenters. The molecule has 1 saturated heterocycles. The Kier molecular flexibility index (Phi) is 9.50. The van der Waals surface area contributed by atoms with Crippen molar-refractivity contribution in [1.82, 2.24) is 0 Å². The topological polar surface area (TPSA) is 242 Å². The Morgan fingerprint density at radius 2 is 1.55 bits per heavy atom. The number of carboxylic acids is 1. The molecule has 5 rings (SSSR count). The maximum atomic E-state index is 12.8. The third-order valence-corrected chi connectivity index (χ3v) is 7.19. The van der Waals surface area contributed by atoms with E-state index < -0.39 is 78.9 Å². The summed E-state index contributed by atoms with van der Waals surface area (Å²) in [4.78, 5) is 47.5. The van der Waals surface area contributed by atoms with Crippen molar-refractivity contribution in [2.75, 3.05) is 13.7 Å². The number of carboxylic acid groups (broad SMARTS) is 1. The van der Waals surface area contributed by atoms with E-state index in [1.54, 1.807) is 18.2 Å². The van der Waals surface area contributed by atoms with Gasteiger partial charge in [0.1, 0.15) is 47.9 Å². The van der Waals surface area contributed by atoms with E-state index in [9.17, 15) is 39.6 Å². The van der Waals surface area contributed by atoms with Crippen molar-refractivity contribution in [2.24, 2.45) is 0 Å². The van der Waals surface area contributed by atoms with Crippen LogP contribution in [0.3, 0.4) is 0 Å². The summed E-state index contributed by atoms with van der Waals surface area (Å²) >= 11 is 0. The first kappa shape index (κ1) is 33.4.